The molecule has 5 heteroatoms. The third kappa shape index (κ3) is 4.47. The summed E-state index contributed by atoms with van der Waals surface area (Å²) in [5.41, 5.74) is 6.05. The molecule has 3 aromatic rings. The number of para-hydroxylation sites is 1. The molecule has 1 aliphatic carbocycles. The van der Waals surface area contributed by atoms with Crippen molar-refractivity contribution < 1.29 is 14.6 Å². The summed E-state index contributed by atoms with van der Waals surface area (Å²) in [7, 11) is 1.66. The summed E-state index contributed by atoms with van der Waals surface area (Å²) in [6.45, 7) is 0.409. The molecule has 0 spiro atoms. The number of anilines is 1. The maximum absolute atomic E-state index is 12.5. The third-order valence-corrected chi connectivity index (χ3v) is 5.51. The van der Waals surface area contributed by atoms with Gasteiger partial charge in [-0.2, -0.15) is 0 Å². The highest BCUT2D eigenvalue weighted by Gasteiger charge is 2.19. The van der Waals surface area contributed by atoms with Gasteiger partial charge in [-0.25, -0.2) is 4.79 Å². The van der Waals surface area contributed by atoms with E-state index in [2.05, 4.69) is 22.8 Å². The monoisotopic (exact) mass is 402 g/mol. The highest BCUT2D eigenvalue weighted by atomic mass is 16.5. The first-order valence-corrected chi connectivity index (χ1v) is 10.2. The van der Waals surface area contributed by atoms with Crippen LogP contribution in [0.15, 0.2) is 66.7 Å². The van der Waals surface area contributed by atoms with Crippen LogP contribution in [0.5, 0.6) is 5.75 Å². The standard InChI is InChI=1S/C25H26N2O3/c1-30-24-11-3-2-9-21(24)19-8-4-6-17(14-19)16-26-25(29)27-23-10-5-7-18-12-13-20(28)15-22(18)23/h2-11,14,20,28H,12-13,15-16H2,1H3,(H2,26,27,29). The molecular formula is C25H26N2O3. The Balaban J connectivity index is 1.43. The Kier molecular flexibility index (Phi) is 6.00. The second-order valence-electron chi connectivity index (χ2n) is 7.55. The summed E-state index contributed by atoms with van der Waals surface area (Å²) in [5, 5.41) is 15.9. The van der Waals surface area contributed by atoms with E-state index in [-0.39, 0.29) is 12.1 Å². The Morgan fingerprint density at radius 2 is 1.93 bits per heavy atom. The Morgan fingerprint density at radius 3 is 2.80 bits per heavy atom. The number of fused-ring (bicyclic) bond motifs is 1. The predicted molar refractivity (Wildman–Crippen MR) is 119 cm³/mol. The van der Waals surface area contributed by atoms with E-state index in [1.807, 2.05) is 54.6 Å². The number of hydrogen-bond donors (Lipinski definition) is 3. The van der Waals surface area contributed by atoms with Gasteiger partial charge in [0.15, 0.2) is 0 Å². The summed E-state index contributed by atoms with van der Waals surface area (Å²) in [5.74, 6) is 0.816. The first-order chi connectivity index (χ1) is 14.6. The lowest BCUT2D eigenvalue weighted by Gasteiger charge is -2.23. The predicted octanol–water partition coefficient (Wildman–Crippen LogP) is 4.53. The third-order valence-electron chi connectivity index (χ3n) is 5.51. The zero-order valence-electron chi connectivity index (χ0n) is 17.0. The highest BCUT2D eigenvalue weighted by Crippen LogP contribution is 2.30. The zero-order chi connectivity index (χ0) is 20.9. The quantitative estimate of drug-likeness (QED) is 0.587. The zero-order valence-corrected chi connectivity index (χ0v) is 17.0. The van der Waals surface area contributed by atoms with E-state index in [1.165, 1.54) is 5.56 Å². The van der Waals surface area contributed by atoms with Gasteiger partial charge in [-0.3, -0.25) is 0 Å². The molecule has 0 saturated heterocycles. The minimum absolute atomic E-state index is 0.258. The molecule has 154 valence electrons. The summed E-state index contributed by atoms with van der Waals surface area (Å²) in [6.07, 6.45) is 1.84. The van der Waals surface area contributed by atoms with Crippen molar-refractivity contribution >= 4 is 11.7 Å². The van der Waals surface area contributed by atoms with Gasteiger partial charge < -0.3 is 20.5 Å². The van der Waals surface area contributed by atoms with Gasteiger partial charge in [0.1, 0.15) is 5.75 Å². The number of urea groups is 1. The lowest BCUT2D eigenvalue weighted by atomic mass is 9.88. The van der Waals surface area contributed by atoms with Crippen LogP contribution in [0.2, 0.25) is 0 Å². The van der Waals surface area contributed by atoms with E-state index in [1.54, 1.807) is 7.11 Å². The van der Waals surface area contributed by atoms with Crippen molar-refractivity contribution in [1.82, 2.24) is 5.32 Å². The minimum atomic E-state index is -0.346. The Bertz CT molecular complexity index is 1050. The molecule has 1 atom stereocenters. The topological polar surface area (TPSA) is 70.6 Å². The van der Waals surface area contributed by atoms with Crippen LogP contribution in [0.25, 0.3) is 11.1 Å². The minimum Gasteiger partial charge on any atom is -0.496 e. The first kappa shape index (κ1) is 20.0. The Morgan fingerprint density at radius 1 is 1.10 bits per heavy atom. The molecule has 1 aliphatic rings. The number of aryl methyl sites for hydroxylation is 1. The fourth-order valence-electron chi connectivity index (χ4n) is 3.97. The molecule has 0 aliphatic heterocycles. The molecule has 4 rings (SSSR count). The van der Waals surface area contributed by atoms with Crippen molar-refractivity contribution in [2.75, 3.05) is 12.4 Å². The maximum Gasteiger partial charge on any atom is 0.319 e. The van der Waals surface area contributed by atoms with Gasteiger partial charge in [0.25, 0.3) is 0 Å². The van der Waals surface area contributed by atoms with Crippen LogP contribution in [0, 0.1) is 0 Å². The number of carbonyl (C=O) groups excluding carboxylic acids is 1. The van der Waals surface area contributed by atoms with E-state index < -0.39 is 0 Å². The molecule has 3 N–H and O–H groups in total. The van der Waals surface area contributed by atoms with Gasteiger partial charge in [-0.15, -0.1) is 0 Å². The van der Waals surface area contributed by atoms with Crippen LogP contribution >= 0.6 is 0 Å². The number of nitrogens with one attached hydrogen (secondary N) is 2. The lowest BCUT2D eigenvalue weighted by Crippen LogP contribution is -2.29. The fourth-order valence-corrected chi connectivity index (χ4v) is 3.97. The van der Waals surface area contributed by atoms with Gasteiger partial charge in [0.05, 0.1) is 13.2 Å². The molecule has 0 heterocycles. The maximum atomic E-state index is 12.5. The number of hydrogen-bond acceptors (Lipinski definition) is 3. The number of carbonyl (C=O) groups is 1. The normalized spacial score (nSPS) is 15.2. The summed E-state index contributed by atoms with van der Waals surface area (Å²) >= 11 is 0. The number of amides is 2. The number of ether oxygens (including phenoxy) is 1. The largest absolute Gasteiger partial charge is 0.496 e. The van der Waals surface area contributed by atoms with Crippen molar-refractivity contribution in [3.05, 3.63) is 83.4 Å². The Labute approximate surface area is 176 Å². The van der Waals surface area contributed by atoms with Gasteiger partial charge in [0.2, 0.25) is 0 Å². The average Bonchev–Trinajstić information content (AvgIpc) is 2.78. The number of benzene rings is 3. The second-order valence-corrected chi connectivity index (χ2v) is 7.55. The molecule has 0 fully saturated rings. The molecule has 30 heavy (non-hydrogen) atoms. The van der Waals surface area contributed by atoms with E-state index in [9.17, 15) is 9.90 Å². The van der Waals surface area contributed by atoms with E-state index in [4.69, 9.17) is 4.74 Å². The number of aliphatic hydroxyl groups is 1. The van der Waals surface area contributed by atoms with E-state index in [0.717, 1.165) is 46.5 Å². The summed E-state index contributed by atoms with van der Waals surface area (Å²) < 4.78 is 5.46. The molecular weight excluding hydrogens is 376 g/mol. The number of methoxy groups -OCH3 is 1. The number of aliphatic hydroxyl groups excluding tert-OH is 1. The van der Waals surface area contributed by atoms with Crippen LogP contribution in [-0.2, 0) is 19.4 Å². The number of rotatable bonds is 5. The van der Waals surface area contributed by atoms with E-state index >= 15 is 0 Å². The van der Waals surface area contributed by atoms with Gasteiger partial charge in [-0.1, -0.05) is 48.5 Å². The van der Waals surface area contributed by atoms with E-state index in [0.29, 0.717) is 13.0 Å². The van der Waals surface area contributed by atoms with Crippen LogP contribution in [0.3, 0.4) is 0 Å². The fraction of sp³-hybridized carbons (Fsp3) is 0.240. The van der Waals surface area contributed by atoms with Crippen molar-refractivity contribution in [1.29, 1.82) is 0 Å². The molecule has 0 bridgehead atoms. The summed E-state index contributed by atoms with van der Waals surface area (Å²) in [6, 6.07) is 21.6. The molecule has 2 amide bonds. The van der Waals surface area contributed by atoms with Crippen LogP contribution in [0.4, 0.5) is 10.5 Å². The molecule has 1 unspecified atom stereocenters. The molecule has 0 radical (unpaired) electrons. The van der Waals surface area contributed by atoms with Gasteiger partial charge in [0, 0.05) is 24.2 Å². The van der Waals surface area contributed by atoms with Crippen molar-refractivity contribution in [2.24, 2.45) is 0 Å². The highest BCUT2D eigenvalue weighted by molar-refractivity contribution is 5.90. The first-order valence-electron chi connectivity index (χ1n) is 10.2. The Hall–Kier alpha value is -3.31. The van der Waals surface area contributed by atoms with Gasteiger partial charge >= 0.3 is 6.03 Å². The smallest absolute Gasteiger partial charge is 0.319 e. The van der Waals surface area contributed by atoms with Crippen LogP contribution in [0.1, 0.15) is 23.1 Å². The molecule has 5 nitrogen and oxygen atoms in total. The average molecular weight is 402 g/mol. The molecule has 0 aromatic heterocycles. The SMILES string of the molecule is COc1ccccc1-c1cccc(CNC(=O)Nc2cccc3c2CC(O)CC3)c1. The van der Waals surface area contributed by atoms with Crippen molar-refractivity contribution in [3.63, 3.8) is 0 Å². The molecule has 3 aromatic carbocycles. The van der Waals surface area contributed by atoms with Crippen LogP contribution in [-0.4, -0.2) is 24.4 Å². The summed E-state index contributed by atoms with van der Waals surface area (Å²) in [4.78, 5) is 12.5. The van der Waals surface area contributed by atoms with Gasteiger partial charge in [-0.05, 0) is 53.3 Å². The van der Waals surface area contributed by atoms with Crippen molar-refractivity contribution in [2.45, 2.75) is 31.9 Å². The molecule has 0 saturated carbocycles. The lowest BCUT2D eigenvalue weighted by molar-refractivity contribution is 0.159. The second kappa shape index (κ2) is 9.01. The van der Waals surface area contributed by atoms with Crippen LogP contribution < -0.4 is 15.4 Å². The van der Waals surface area contributed by atoms with Crippen molar-refractivity contribution in [3.8, 4) is 16.9 Å².